The van der Waals surface area contributed by atoms with Crippen molar-refractivity contribution in [2.45, 2.75) is 0 Å². The van der Waals surface area contributed by atoms with E-state index in [9.17, 15) is 4.79 Å². The van der Waals surface area contributed by atoms with Gasteiger partial charge < -0.3 is 17.0 Å². The lowest BCUT2D eigenvalue weighted by Gasteiger charge is -1.97. The average molecular weight is 261 g/mol. The van der Waals surface area contributed by atoms with Crippen LogP contribution in [0.3, 0.4) is 0 Å². The number of carbonyl (C=O) groups excluding carboxylic acids is 1. The third-order valence-corrected chi connectivity index (χ3v) is 2.36. The van der Waals surface area contributed by atoms with Gasteiger partial charge in [0.2, 0.25) is 5.78 Å². The fourth-order valence-corrected chi connectivity index (χ4v) is 1.66. The molecule has 0 fully saturated rings. The molecule has 0 saturated heterocycles. The first-order valence-electron chi connectivity index (χ1n) is 3.82. The smallest absolute Gasteiger partial charge is 0.211 e. The van der Waals surface area contributed by atoms with E-state index < -0.39 is 0 Å². The molecule has 1 nitrogen and oxygen atoms in total. The largest absolute Gasteiger partial charge is 1.00 e. The first-order valence-corrected chi connectivity index (χ1v) is 6.03. The lowest BCUT2D eigenvalue weighted by Crippen LogP contribution is -3.00. The Morgan fingerprint density at radius 2 is 1.77 bits per heavy atom. The van der Waals surface area contributed by atoms with Crippen molar-refractivity contribution in [2.24, 2.45) is 0 Å². The number of Topliss-reactive ketones (excluding diaryl/α,β-unsaturated/α-hetero) is 1. The number of hydrogen-bond donors (Lipinski definition) is 0. The standard InChI is InChI=1S/C10H13OS.BrH/c1-12(2)8-10(11)9-6-4-3-5-7-9;/h3-7H,8H2,1-2H3;1H/q+1;/p-1. The van der Waals surface area contributed by atoms with Gasteiger partial charge in [-0.05, 0) is 10.9 Å². The summed E-state index contributed by atoms with van der Waals surface area (Å²) in [5.41, 5.74) is 0.832. The highest BCUT2D eigenvalue weighted by molar-refractivity contribution is 7.96. The second-order valence-corrected chi connectivity index (χ2v) is 5.18. The van der Waals surface area contributed by atoms with Gasteiger partial charge in [-0.2, -0.15) is 0 Å². The first-order chi connectivity index (χ1) is 5.70. The zero-order valence-electron chi connectivity index (χ0n) is 7.79. The highest BCUT2D eigenvalue weighted by atomic mass is 79.9. The Balaban J connectivity index is 0.00000144. The molecule has 0 aliphatic rings. The van der Waals surface area contributed by atoms with Crippen LogP contribution in [0.15, 0.2) is 30.3 Å². The molecular weight excluding hydrogens is 248 g/mol. The molecular formula is C10H13BrOS. The molecule has 0 unspecified atom stereocenters. The molecule has 0 atom stereocenters. The van der Waals surface area contributed by atoms with Crippen LogP contribution in [0.2, 0.25) is 0 Å². The van der Waals surface area contributed by atoms with Gasteiger partial charge in [0.15, 0.2) is 5.75 Å². The number of hydrogen-bond acceptors (Lipinski definition) is 1. The monoisotopic (exact) mass is 260 g/mol. The molecule has 1 aromatic carbocycles. The molecule has 0 heterocycles. The fourth-order valence-electron chi connectivity index (χ4n) is 0.970. The third-order valence-electron chi connectivity index (χ3n) is 1.52. The van der Waals surface area contributed by atoms with Crippen molar-refractivity contribution in [3.8, 4) is 0 Å². The molecule has 0 aliphatic carbocycles. The van der Waals surface area contributed by atoms with E-state index in [-0.39, 0.29) is 33.7 Å². The van der Waals surface area contributed by atoms with E-state index in [1.165, 1.54) is 0 Å². The summed E-state index contributed by atoms with van der Waals surface area (Å²) in [4.78, 5) is 11.5. The van der Waals surface area contributed by atoms with Crippen molar-refractivity contribution in [3.63, 3.8) is 0 Å². The Morgan fingerprint density at radius 1 is 1.23 bits per heavy atom. The van der Waals surface area contributed by atoms with Crippen LogP contribution in [0, 0.1) is 0 Å². The quantitative estimate of drug-likeness (QED) is 0.491. The number of carbonyl (C=O) groups is 1. The van der Waals surface area contributed by atoms with Gasteiger partial charge in [-0.3, -0.25) is 4.79 Å². The van der Waals surface area contributed by atoms with Crippen molar-refractivity contribution in [1.29, 1.82) is 0 Å². The zero-order valence-corrected chi connectivity index (χ0v) is 10.2. The van der Waals surface area contributed by atoms with E-state index in [0.29, 0.717) is 5.75 Å². The van der Waals surface area contributed by atoms with Crippen molar-refractivity contribution >= 4 is 16.7 Å². The van der Waals surface area contributed by atoms with Crippen LogP contribution >= 0.6 is 0 Å². The molecule has 3 heteroatoms. The molecule has 0 saturated carbocycles. The van der Waals surface area contributed by atoms with Gasteiger partial charge in [0, 0.05) is 5.56 Å². The van der Waals surface area contributed by atoms with Crippen LogP contribution in [-0.2, 0) is 10.9 Å². The molecule has 72 valence electrons. The van der Waals surface area contributed by atoms with Crippen LogP contribution < -0.4 is 17.0 Å². The van der Waals surface area contributed by atoms with Gasteiger partial charge in [-0.15, -0.1) is 0 Å². The van der Waals surface area contributed by atoms with Crippen LogP contribution in [-0.4, -0.2) is 24.0 Å². The van der Waals surface area contributed by atoms with Crippen LogP contribution in [0.25, 0.3) is 0 Å². The van der Waals surface area contributed by atoms with E-state index in [1.54, 1.807) is 0 Å². The zero-order chi connectivity index (χ0) is 8.97. The minimum Gasteiger partial charge on any atom is -1.00 e. The molecule has 0 aliphatic heterocycles. The SMILES string of the molecule is C[S+](C)CC(=O)c1ccccc1.[Br-]. The summed E-state index contributed by atoms with van der Waals surface area (Å²) in [6, 6.07) is 9.46. The Bertz CT molecular complexity index is 259. The fraction of sp³-hybridized carbons (Fsp3) is 0.300. The van der Waals surface area contributed by atoms with Gasteiger partial charge in [0.05, 0.1) is 12.5 Å². The number of benzene rings is 1. The maximum Gasteiger partial charge on any atom is 0.211 e. The molecule has 0 N–H and O–H groups in total. The molecule has 0 spiro atoms. The minimum absolute atomic E-state index is 0. The Morgan fingerprint density at radius 3 is 2.23 bits per heavy atom. The van der Waals surface area contributed by atoms with Gasteiger partial charge in [0.1, 0.15) is 0 Å². The van der Waals surface area contributed by atoms with Gasteiger partial charge in [-0.1, -0.05) is 30.3 Å². The highest BCUT2D eigenvalue weighted by Crippen LogP contribution is 2.01. The summed E-state index contributed by atoms with van der Waals surface area (Å²) in [5, 5.41) is 0. The predicted molar refractivity (Wildman–Crippen MR) is 54.9 cm³/mol. The summed E-state index contributed by atoms with van der Waals surface area (Å²) in [6.45, 7) is 0. The normalized spacial score (nSPS) is 9.46. The number of rotatable bonds is 3. The van der Waals surface area contributed by atoms with Gasteiger partial charge in [0.25, 0.3) is 0 Å². The molecule has 0 bridgehead atoms. The van der Waals surface area contributed by atoms with E-state index >= 15 is 0 Å². The van der Waals surface area contributed by atoms with Crippen molar-refractivity contribution in [2.75, 3.05) is 18.3 Å². The second-order valence-electron chi connectivity index (χ2n) is 2.92. The summed E-state index contributed by atoms with van der Waals surface area (Å²) in [7, 11) is 0.204. The number of halogens is 1. The van der Waals surface area contributed by atoms with E-state index in [0.717, 1.165) is 5.56 Å². The average Bonchev–Trinajstić information content (AvgIpc) is 2.05. The molecule has 1 rings (SSSR count). The minimum atomic E-state index is 0. The highest BCUT2D eigenvalue weighted by Gasteiger charge is 2.12. The van der Waals surface area contributed by atoms with Crippen LogP contribution in [0.4, 0.5) is 0 Å². The second kappa shape index (κ2) is 6.22. The Kier molecular flexibility index (Phi) is 6.08. The number of ketones is 1. The van der Waals surface area contributed by atoms with E-state index in [4.69, 9.17) is 0 Å². The lowest BCUT2D eigenvalue weighted by molar-refractivity contribution is -0.0000105. The van der Waals surface area contributed by atoms with Gasteiger partial charge in [-0.25, -0.2) is 0 Å². The third kappa shape index (κ3) is 4.48. The Labute approximate surface area is 92.7 Å². The van der Waals surface area contributed by atoms with Crippen LogP contribution in [0.1, 0.15) is 10.4 Å². The van der Waals surface area contributed by atoms with E-state index in [2.05, 4.69) is 12.5 Å². The van der Waals surface area contributed by atoms with Crippen molar-refractivity contribution < 1.29 is 21.8 Å². The van der Waals surface area contributed by atoms with Gasteiger partial charge >= 0.3 is 0 Å². The summed E-state index contributed by atoms with van der Waals surface area (Å²) in [5.74, 6) is 0.924. The summed E-state index contributed by atoms with van der Waals surface area (Å²) in [6.07, 6.45) is 4.17. The maximum absolute atomic E-state index is 11.5. The topological polar surface area (TPSA) is 17.1 Å². The van der Waals surface area contributed by atoms with E-state index in [1.807, 2.05) is 30.3 Å². The molecule has 0 aromatic heterocycles. The molecule has 0 radical (unpaired) electrons. The van der Waals surface area contributed by atoms with Crippen LogP contribution in [0.5, 0.6) is 0 Å². The molecule has 0 amide bonds. The predicted octanol–water partition coefficient (Wildman–Crippen LogP) is -1.25. The summed E-state index contributed by atoms with van der Waals surface area (Å²) >= 11 is 0. The molecule has 13 heavy (non-hydrogen) atoms. The molecule has 1 aromatic rings. The Hall–Kier alpha value is -0.280. The van der Waals surface area contributed by atoms with Crippen molar-refractivity contribution in [3.05, 3.63) is 35.9 Å². The maximum atomic E-state index is 11.5. The lowest BCUT2D eigenvalue weighted by atomic mass is 10.2. The first kappa shape index (κ1) is 12.7. The summed E-state index contributed by atoms with van der Waals surface area (Å²) < 4.78 is 0. The van der Waals surface area contributed by atoms with Crippen molar-refractivity contribution in [1.82, 2.24) is 0 Å².